The maximum absolute atomic E-state index is 14.6. The highest BCUT2D eigenvalue weighted by Crippen LogP contribution is 2.46. The molecule has 0 aromatic heterocycles. The van der Waals surface area contributed by atoms with E-state index in [1.54, 1.807) is 43.5 Å². The van der Waals surface area contributed by atoms with Gasteiger partial charge in [-0.1, -0.05) is 18.2 Å². The summed E-state index contributed by atoms with van der Waals surface area (Å²) in [5.74, 6) is -0.139. The van der Waals surface area contributed by atoms with Gasteiger partial charge in [-0.25, -0.2) is 4.39 Å². The Bertz CT molecular complexity index is 813. The van der Waals surface area contributed by atoms with Crippen molar-refractivity contribution in [1.29, 1.82) is 0 Å². The number of nitrogens with zero attached hydrogens (tertiary/aromatic N) is 2. The third-order valence-electron chi connectivity index (χ3n) is 4.50. The molecule has 27 heavy (non-hydrogen) atoms. The summed E-state index contributed by atoms with van der Waals surface area (Å²) in [6, 6.07) is 11.8. The van der Waals surface area contributed by atoms with E-state index in [4.69, 9.17) is 4.74 Å². The van der Waals surface area contributed by atoms with Gasteiger partial charge in [-0.3, -0.25) is 4.79 Å². The zero-order valence-electron chi connectivity index (χ0n) is 15.6. The number of fused-ring (bicyclic) bond motifs is 1. The van der Waals surface area contributed by atoms with Crippen molar-refractivity contribution in [3.8, 4) is 5.75 Å². The molecular weight excluding hydrogens is 367 g/mol. The Balaban J connectivity index is 2.02. The van der Waals surface area contributed by atoms with Crippen LogP contribution in [0, 0.1) is 5.82 Å². The van der Waals surface area contributed by atoms with Crippen molar-refractivity contribution in [2.75, 3.05) is 39.2 Å². The van der Waals surface area contributed by atoms with Crippen LogP contribution in [-0.2, 0) is 4.79 Å². The van der Waals surface area contributed by atoms with Gasteiger partial charge in [0.25, 0.3) is 5.91 Å². The first-order valence-electron chi connectivity index (χ1n) is 8.65. The molecule has 5 nitrogen and oxygen atoms in total. The van der Waals surface area contributed by atoms with Crippen LogP contribution in [-0.4, -0.2) is 56.3 Å². The summed E-state index contributed by atoms with van der Waals surface area (Å²) < 4.78 is 19.8. The van der Waals surface area contributed by atoms with E-state index in [1.807, 2.05) is 19.0 Å². The zero-order valence-corrected chi connectivity index (χ0v) is 16.4. The van der Waals surface area contributed by atoms with E-state index in [1.165, 1.54) is 22.7 Å². The van der Waals surface area contributed by atoms with Crippen LogP contribution in [0.2, 0.25) is 0 Å². The summed E-state index contributed by atoms with van der Waals surface area (Å²) in [5, 5.41) is 10.2. The summed E-state index contributed by atoms with van der Waals surface area (Å²) in [7, 11) is 5.38. The molecule has 0 aliphatic carbocycles. The number of hydrogen-bond donors (Lipinski definition) is 1. The van der Waals surface area contributed by atoms with E-state index in [0.717, 1.165) is 5.56 Å². The number of thioether (sulfide) groups is 1. The van der Waals surface area contributed by atoms with Crippen LogP contribution in [0.15, 0.2) is 47.4 Å². The molecule has 1 N–H and O–H groups in total. The van der Waals surface area contributed by atoms with Crippen LogP contribution in [0.4, 0.5) is 10.1 Å². The summed E-state index contributed by atoms with van der Waals surface area (Å²) in [4.78, 5) is 16.8. The van der Waals surface area contributed by atoms with E-state index in [-0.39, 0.29) is 0 Å². The highest BCUT2D eigenvalue weighted by Gasteiger charge is 2.38. The van der Waals surface area contributed by atoms with Crippen LogP contribution in [0.5, 0.6) is 5.75 Å². The number of hydrogen-bond acceptors (Lipinski definition) is 5. The minimum absolute atomic E-state index is 0.370. The van der Waals surface area contributed by atoms with E-state index in [2.05, 4.69) is 0 Å². The third kappa shape index (κ3) is 4.10. The van der Waals surface area contributed by atoms with Crippen molar-refractivity contribution >= 4 is 23.4 Å². The van der Waals surface area contributed by atoms with Crippen molar-refractivity contribution in [2.45, 2.75) is 16.2 Å². The number of benzene rings is 2. The van der Waals surface area contributed by atoms with Crippen molar-refractivity contribution < 1.29 is 19.0 Å². The Hall–Kier alpha value is -2.09. The lowest BCUT2D eigenvalue weighted by Gasteiger charge is -2.26. The summed E-state index contributed by atoms with van der Waals surface area (Å²) >= 11 is 1.18. The topological polar surface area (TPSA) is 53.0 Å². The molecule has 1 aliphatic heterocycles. The molecule has 2 aromatic rings. The van der Waals surface area contributed by atoms with E-state index in [9.17, 15) is 14.3 Å². The van der Waals surface area contributed by atoms with Gasteiger partial charge >= 0.3 is 0 Å². The number of methoxy groups -OCH3 is 1. The average molecular weight is 390 g/mol. The first-order chi connectivity index (χ1) is 12.9. The van der Waals surface area contributed by atoms with Crippen molar-refractivity contribution in [2.24, 2.45) is 0 Å². The molecule has 1 aliphatic rings. The van der Waals surface area contributed by atoms with Gasteiger partial charge in [-0.05, 0) is 43.9 Å². The van der Waals surface area contributed by atoms with Crippen molar-refractivity contribution in [3.63, 3.8) is 0 Å². The number of aliphatic hydroxyl groups excluding tert-OH is 1. The molecule has 1 heterocycles. The molecule has 144 valence electrons. The van der Waals surface area contributed by atoms with Gasteiger partial charge in [0.05, 0.1) is 22.9 Å². The second kappa shape index (κ2) is 8.29. The number of anilines is 1. The molecule has 0 radical (unpaired) electrons. The van der Waals surface area contributed by atoms with Gasteiger partial charge < -0.3 is 19.6 Å². The Morgan fingerprint density at radius 3 is 2.56 bits per heavy atom. The SMILES string of the molecule is COc1ccc([C@@H]2Sc3c(F)cccc3N(CCN(C)C)C(=O)[C@@H]2O)cc1. The quantitative estimate of drug-likeness (QED) is 0.851. The van der Waals surface area contributed by atoms with E-state index >= 15 is 0 Å². The normalized spacial score (nSPS) is 19.8. The molecule has 0 saturated heterocycles. The minimum Gasteiger partial charge on any atom is -0.497 e. The summed E-state index contributed by atoms with van der Waals surface area (Å²) in [5.41, 5.74) is 1.24. The van der Waals surface area contributed by atoms with Crippen LogP contribution in [0.25, 0.3) is 0 Å². The Morgan fingerprint density at radius 2 is 1.93 bits per heavy atom. The maximum atomic E-state index is 14.6. The molecule has 0 saturated carbocycles. The highest BCUT2D eigenvalue weighted by molar-refractivity contribution is 7.99. The molecule has 3 rings (SSSR count). The van der Waals surface area contributed by atoms with Gasteiger partial charge in [-0.2, -0.15) is 0 Å². The van der Waals surface area contributed by atoms with Crippen LogP contribution in [0.3, 0.4) is 0 Å². The number of halogens is 1. The fourth-order valence-corrected chi connectivity index (χ4v) is 4.27. The largest absolute Gasteiger partial charge is 0.497 e. The van der Waals surface area contributed by atoms with Crippen LogP contribution >= 0.6 is 11.8 Å². The van der Waals surface area contributed by atoms with Crippen molar-refractivity contribution in [1.82, 2.24) is 4.90 Å². The number of amides is 1. The molecule has 0 bridgehead atoms. The lowest BCUT2D eigenvalue weighted by atomic mass is 10.1. The first-order valence-corrected chi connectivity index (χ1v) is 9.53. The highest BCUT2D eigenvalue weighted by atomic mass is 32.2. The number of likely N-dealkylation sites (N-methyl/N-ethyl adjacent to an activating group) is 1. The number of rotatable bonds is 5. The average Bonchev–Trinajstić information content (AvgIpc) is 2.76. The smallest absolute Gasteiger partial charge is 0.257 e. The van der Waals surface area contributed by atoms with Gasteiger partial charge in [-0.15, -0.1) is 11.8 Å². The number of aliphatic hydroxyl groups is 1. The lowest BCUT2D eigenvalue weighted by Crippen LogP contribution is -2.43. The van der Waals surface area contributed by atoms with Gasteiger partial charge in [0, 0.05) is 13.1 Å². The fourth-order valence-electron chi connectivity index (χ4n) is 3.00. The second-order valence-corrected chi connectivity index (χ2v) is 7.79. The Kier molecular flexibility index (Phi) is 6.04. The molecule has 0 spiro atoms. The van der Waals surface area contributed by atoms with Crippen LogP contribution in [0.1, 0.15) is 10.8 Å². The molecule has 0 unspecified atom stereocenters. The number of ether oxygens (including phenoxy) is 1. The molecule has 2 aromatic carbocycles. The Labute approximate surface area is 162 Å². The predicted octanol–water partition coefficient (Wildman–Crippen LogP) is 2.94. The first kappa shape index (κ1) is 19.7. The molecule has 1 amide bonds. The predicted molar refractivity (Wildman–Crippen MR) is 105 cm³/mol. The monoisotopic (exact) mass is 390 g/mol. The van der Waals surface area contributed by atoms with E-state index in [0.29, 0.717) is 29.4 Å². The maximum Gasteiger partial charge on any atom is 0.257 e. The van der Waals surface area contributed by atoms with Gasteiger partial charge in [0.2, 0.25) is 0 Å². The molecule has 0 fully saturated rings. The third-order valence-corrected chi connectivity index (χ3v) is 5.93. The Morgan fingerprint density at radius 1 is 1.22 bits per heavy atom. The molecule has 7 heteroatoms. The summed E-state index contributed by atoms with van der Waals surface area (Å²) in [6.07, 6.45) is -1.28. The second-order valence-electron chi connectivity index (χ2n) is 6.64. The molecular formula is C20H23FN2O3S. The lowest BCUT2D eigenvalue weighted by molar-refractivity contribution is -0.126. The van der Waals surface area contributed by atoms with Gasteiger partial charge in [0.1, 0.15) is 17.7 Å². The van der Waals surface area contributed by atoms with E-state index < -0.39 is 23.1 Å². The standard InChI is InChI=1S/C20H23FN2O3S/c1-22(2)11-12-23-16-6-4-5-15(21)19(16)27-18(17(24)20(23)25)13-7-9-14(26-3)10-8-13/h4-10,17-18,24H,11-12H2,1-3H3/t17-,18+/m1/s1. The fraction of sp³-hybridized carbons (Fsp3) is 0.350. The number of carbonyl (C=O) groups is 1. The van der Waals surface area contributed by atoms with Crippen LogP contribution < -0.4 is 9.64 Å². The minimum atomic E-state index is -1.28. The van der Waals surface area contributed by atoms with Gasteiger partial charge in [0.15, 0.2) is 0 Å². The van der Waals surface area contributed by atoms with Crippen molar-refractivity contribution in [3.05, 3.63) is 53.8 Å². The number of carbonyl (C=O) groups excluding carboxylic acids is 1. The summed E-state index contributed by atoms with van der Waals surface area (Å²) in [6.45, 7) is 0.974. The zero-order chi connectivity index (χ0) is 19.6. The molecule has 2 atom stereocenters.